The van der Waals surface area contributed by atoms with Crippen molar-refractivity contribution >= 4 is 11.9 Å². The lowest BCUT2D eigenvalue weighted by Crippen LogP contribution is -2.44. The number of hydrogen-bond donors (Lipinski definition) is 1. The van der Waals surface area contributed by atoms with Gasteiger partial charge in [-0.3, -0.25) is 9.69 Å². The van der Waals surface area contributed by atoms with E-state index in [0.29, 0.717) is 6.54 Å². The van der Waals surface area contributed by atoms with E-state index in [1.165, 1.54) is 11.0 Å². The van der Waals surface area contributed by atoms with Crippen LogP contribution in [0.25, 0.3) is 0 Å². The zero-order valence-electron chi connectivity index (χ0n) is 8.19. The van der Waals surface area contributed by atoms with E-state index in [9.17, 15) is 9.59 Å². The van der Waals surface area contributed by atoms with Crippen LogP contribution in [0, 0.1) is 0 Å². The Hall–Kier alpha value is -1.52. The van der Waals surface area contributed by atoms with E-state index < -0.39 is 11.9 Å². The van der Waals surface area contributed by atoms with Gasteiger partial charge in [-0.05, 0) is 6.42 Å². The quantitative estimate of drug-likeness (QED) is 0.667. The molecule has 1 radical (unpaired) electrons. The minimum absolute atomic E-state index is 0.200. The molecule has 0 aliphatic carbocycles. The molecule has 0 aromatic carbocycles. The van der Waals surface area contributed by atoms with Gasteiger partial charge in [-0.1, -0.05) is 19.8 Å². The van der Waals surface area contributed by atoms with Crippen molar-refractivity contribution in [2.24, 2.45) is 5.73 Å². The molecule has 77 valence electrons. The van der Waals surface area contributed by atoms with Crippen LogP contribution in [0.3, 0.4) is 0 Å². The molecule has 0 saturated carbocycles. The lowest BCUT2D eigenvalue weighted by molar-refractivity contribution is -0.116. The molecule has 0 aromatic rings. The second kappa shape index (κ2) is 4.64. The van der Waals surface area contributed by atoms with Gasteiger partial charge in [0.25, 0.3) is 5.91 Å². The molecule has 0 aromatic heterocycles. The van der Waals surface area contributed by atoms with Crippen LogP contribution < -0.4 is 11.1 Å². The average molecular weight is 196 g/mol. The van der Waals surface area contributed by atoms with Crippen LogP contribution in [0.4, 0.5) is 4.79 Å². The molecule has 5 heteroatoms. The Morgan fingerprint density at radius 1 is 1.43 bits per heavy atom. The van der Waals surface area contributed by atoms with Crippen molar-refractivity contribution in [3.8, 4) is 0 Å². The van der Waals surface area contributed by atoms with Crippen molar-refractivity contribution in [3.63, 3.8) is 0 Å². The number of urea groups is 1. The summed E-state index contributed by atoms with van der Waals surface area (Å²) in [7, 11) is 0. The van der Waals surface area contributed by atoms with Gasteiger partial charge >= 0.3 is 6.03 Å². The number of rotatable bonds is 4. The van der Waals surface area contributed by atoms with Gasteiger partial charge < -0.3 is 5.73 Å². The first-order valence-corrected chi connectivity index (χ1v) is 4.69. The van der Waals surface area contributed by atoms with Crippen molar-refractivity contribution in [1.82, 2.24) is 10.2 Å². The fourth-order valence-electron chi connectivity index (χ4n) is 1.25. The molecule has 5 nitrogen and oxygen atoms in total. The van der Waals surface area contributed by atoms with Crippen LogP contribution in [0.15, 0.2) is 11.9 Å². The third kappa shape index (κ3) is 2.48. The predicted molar refractivity (Wildman–Crippen MR) is 51.0 cm³/mol. The summed E-state index contributed by atoms with van der Waals surface area (Å²) >= 11 is 0. The Kier molecular flexibility index (Phi) is 3.50. The lowest BCUT2D eigenvalue weighted by atomic mass is 10.2. The number of nitrogens with two attached hydrogens (primary N) is 1. The lowest BCUT2D eigenvalue weighted by Gasteiger charge is -2.23. The molecular formula is C9H14N3O2. The molecule has 2 N–H and O–H groups in total. The number of nitrogens with zero attached hydrogens (tertiary/aromatic N) is 2. The summed E-state index contributed by atoms with van der Waals surface area (Å²) in [4.78, 5) is 23.3. The summed E-state index contributed by atoms with van der Waals surface area (Å²) in [6.45, 7) is 2.61. The van der Waals surface area contributed by atoms with Crippen molar-refractivity contribution in [1.29, 1.82) is 0 Å². The first kappa shape index (κ1) is 10.6. The van der Waals surface area contributed by atoms with E-state index in [-0.39, 0.29) is 5.82 Å². The Morgan fingerprint density at radius 3 is 2.71 bits per heavy atom. The number of imide groups is 1. The standard InChI is InChI=1S/C9H14N3O2/c1-2-3-4-5-12-7(10)6-8(13)11-9(12)14/h6H,2-5,10H2,1H3. The van der Waals surface area contributed by atoms with Gasteiger partial charge in [-0.15, -0.1) is 0 Å². The highest BCUT2D eigenvalue weighted by Gasteiger charge is 2.24. The number of hydrogen-bond acceptors (Lipinski definition) is 3. The fraction of sp³-hybridized carbons (Fsp3) is 0.556. The van der Waals surface area contributed by atoms with Crippen molar-refractivity contribution in [3.05, 3.63) is 11.9 Å². The molecular weight excluding hydrogens is 182 g/mol. The Bertz CT molecular complexity index is 273. The van der Waals surface area contributed by atoms with E-state index in [1.807, 2.05) is 0 Å². The van der Waals surface area contributed by atoms with Gasteiger partial charge in [0.2, 0.25) is 0 Å². The Labute approximate surface area is 82.9 Å². The zero-order valence-corrected chi connectivity index (χ0v) is 8.19. The van der Waals surface area contributed by atoms with Crippen LogP contribution in [0.1, 0.15) is 26.2 Å². The highest BCUT2D eigenvalue weighted by atomic mass is 16.2. The molecule has 0 fully saturated rings. The number of unbranched alkanes of at least 4 members (excludes halogenated alkanes) is 2. The largest absolute Gasteiger partial charge is 0.385 e. The first-order chi connectivity index (χ1) is 6.65. The molecule has 0 saturated heterocycles. The monoisotopic (exact) mass is 196 g/mol. The maximum absolute atomic E-state index is 11.2. The molecule has 0 atom stereocenters. The maximum Gasteiger partial charge on any atom is 0.352 e. The second-order valence-corrected chi connectivity index (χ2v) is 3.16. The summed E-state index contributed by atoms with van der Waals surface area (Å²) in [6.07, 6.45) is 4.15. The SMILES string of the molecule is CCCCCN1C(=O)[N]C(=O)C=C1N. The number of amides is 3. The van der Waals surface area contributed by atoms with Crippen molar-refractivity contribution in [2.75, 3.05) is 6.54 Å². The third-order valence-corrected chi connectivity index (χ3v) is 2.01. The molecule has 1 aliphatic rings. The van der Waals surface area contributed by atoms with Gasteiger partial charge in [-0.2, -0.15) is 5.32 Å². The van der Waals surface area contributed by atoms with E-state index in [0.717, 1.165) is 19.3 Å². The molecule has 14 heavy (non-hydrogen) atoms. The van der Waals surface area contributed by atoms with Crippen LogP contribution >= 0.6 is 0 Å². The van der Waals surface area contributed by atoms with Gasteiger partial charge in [0, 0.05) is 12.6 Å². The smallest absolute Gasteiger partial charge is 0.352 e. The normalized spacial score (nSPS) is 16.6. The molecule has 1 rings (SSSR count). The van der Waals surface area contributed by atoms with Crippen LogP contribution in [-0.2, 0) is 4.79 Å². The highest BCUT2D eigenvalue weighted by Crippen LogP contribution is 2.07. The molecule has 0 bridgehead atoms. The van der Waals surface area contributed by atoms with Gasteiger partial charge in [-0.25, -0.2) is 4.79 Å². The summed E-state index contributed by atoms with van der Waals surface area (Å²) < 4.78 is 0. The Balaban J connectivity index is 2.54. The van der Waals surface area contributed by atoms with E-state index in [4.69, 9.17) is 5.73 Å². The van der Waals surface area contributed by atoms with Crippen molar-refractivity contribution < 1.29 is 9.59 Å². The van der Waals surface area contributed by atoms with Crippen molar-refractivity contribution in [2.45, 2.75) is 26.2 Å². The molecule has 0 unspecified atom stereocenters. The topological polar surface area (TPSA) is 77.5 Å². The highest BCUT2D eigenvalue weighted by molar-refractivity contribution is 6.03. The maximum atomic E-state index is 11.2. The van der Waals surface area contributed by atoms with Gasteiger partial charge in [0.1, 0.15) is 5.82 Å². The first-order valence-electron chi connectivity index (χ1n) is 4.69. The van der Waals surface area contributed by atoms with E-state index in [1.54, 1.807) is 0 Å². The molecule has 0 spiro atoms. The minimum atomic E-state index is -0.570. The minimum Gasteiger partial charge on any atom is -0.385 e. The average Bonchev–Trinajstić information content (AvgIpc) is 2.09. The third-order valence-electron chi connectivity index (χ3n) is 2.01. The van der Waals surface area contributed by atoms with E-state index >= 15 is 0 Å². The van der Waals surface area contributed by atoms with Crippen LogP contribution in [0.5, 0.6) is 0 Å². The van der Waals surface area contributed by atoms with Crippen LogP contribution in [-0.4, -0.2) is 23.4 Å². The fourth-order valence-corrected chi connectivity index (χ4v) is 1.25. The zero-order chi connectivity index (χ0) is 10.6. The van der Waals surface area contributed by atoms with E-state index in [2.05, 4.69) is 12.2 Å². The molecule has 3 amide bonds. The predicted octanol–water partition coefficient (Wildman–Crippen LogP) is 0.543. The van der Waals surface area contributed by atoms with Gasteiger partial charge in [0.15, 0.2) is 0 Å². The molecule has 1 heterocycles. The molecule has 1 aliphatic heterocycles. The number of carbonyl (C=O) groups excluding carboxylic acids is 2. The summed E-state index contributed by atoms with van der Waals surface area (Å²) in [5.41, 5.74) is 5.53. The van der Waals surface area contributed by atoms with Crippen LogP contribution in [0.2, 0.25) is 0 Å². The summed E-state index contributed by atoms with van der Waals surface area (Å²) in [6, 6.07) is -0.550. The Morgan fingerprint density at radius 2 is 2.14 bits per heavy atom. The summed E-state index contributed by atoms with van der Waals surface area (Å²) in [5.74, 6) is -0.370. The summed E-state index contributed by atoms with van der Waals surface area (Å²) in [5, 5.41) is 3.28. The van der Waals surface area contributed by atoms with Gasteiger partial charge in [0.05, 0.1) is 0 Å². The second-order valence-electron chi connectivity index (χ2n) is 3.16. The number of carbonyl (C=O) groups is 2.